The molecule has 1 aromatic carbocycles. The maximum absolute atomic E-state index is 13.0. The molecule has 0 aliphatic heterocycles. The van der Waals surface area contributed by atoms with Crippen molar-refractivity contribution in [2.45, 2.75) is 50.2 Å². The van der Waals surface area contributed by atoms with Gasteiger partial charge in [0, 0.05) is 6.54 Å². The minimum Gasteiger partial charge on any atom is -0.388 e. The average molecular weight is 306 g/mol. The maximum Gasteiger partial charge on any atom is 0.315 e. The number of carbonyl (C=O) groups is 1. The quantitative estimate of drug-likeness (QED) is 0.783. The van der Waals surface area contributed by atoms with Gasteiger partial charge in [0.05, 0.1) is 11.6 Å². The SMILES string of the molecule is O=C(NCC1(O)CCCC1)NC(c1ccc(F)cc1)C1CC1. The standard InChI is InChI=1S/C17H23FN2O2/c18-14-7-5-13(6-8-14)15(12-3-4-12)20-16(21)19-11-17(22)9-1-2-10-17/h5-8,12,15,22H,1-4,9-11H2,(H2,19,20,21). The first kappa shape index (κ1) is 15.3. The summed E-state index contributed by atoms with van der Waals surface area (Å²) in [5.41, 5.74) is 0.182. The molecule has 3 rings (SSSR count). The van der Waals surface area contributed by atoms with Crippen LogP contribution in [0, 0.1) is 11.7 Å². The number of hydrogen-bond donors (Lipinski definition) is 3. The normalized spacial score (nSPS) is 21.4. The molecule has 0 saturated heterocycles. The molecular formula is C17H23FN2O2. The van der Waals surface area contributed by atoms with Crippen LogP contribution in [0.3, 0.4) is 0 Å². The van der Waals surface area contributed by atoms with Gasteiger partial charge in [0.25, 0.3) is 0 Å². The summed E-state index contributed by atoms with van der Waals surface area (Å²) in [5, 5.41) is 16.0. The van der Waals surface area contributed by atoms with E-state index in [1.807, 2.05) is 0 Å². The number of carbonyl (C=O) groups excluding carboxylic acids is 1. The average Bonchev–Trinajstić information content (AvgIpc) is 3.26. The predicted octanol–water partition coefficient (Wildman–Crippen LogP) is 2.88. The van der Waals surface area contributed by atoms with Crippen molar-refractivity contribution in [3.8, 4) is 0 Å². The minimum absolute atomic E-state index is 0.0844. The van der Waals surface area contributed by atoms with Crippen molar-refractivity contribution in [1.82, 2.24) is 10.6 Å². The first-order chi connectivity index (χ1) is 10.6. The van der Waals surface area contributed by atoms with E-state index in [-0.39, 0.29) is 17.9 Å². The van der Waals surface area contributed by atoms with E-state index in [4.69, 9.17) is 0 Å². The van der Waals surface area contributed by atoms with Crippen LogP contribution in [0.25, 0.3) is 0 Å². The van der Waals surface area contributed by atoms with Crippen LogP contribution in [0.1, 0.15) is 50.1 Å². The lowest BCUT2D eigenvalue weighted by molar-refractivity contribution is 0.0500. The second-order valence-electron chi connectivity index (χ2n) is 6.63. The molecule has 5 heteroatoms. The first-order valence-corrected chi connectivity index (χ1v) is 8.08. The Morgan fingerprint density at radius 3 is 2.50 bits per heavy atom. The fourth-order valence-electron chi connectivity index (χ4n) is 3.22. The molecule has 0 aromatic heterocycles. The van der Waals surface area contributed by atoms with Gasteiger partial charge in [-0.05, 0) is 49.3 Å². The van der Waals surface area contributed by atoms with Crippen molar-refractivity contribution in [2.75, 3.05) is 6.54 Å². The van der Waals surface area contributed by atoms with Gasteiger partial charge in [-0.25, -0.2) is 9.18 Å². The van der Waals surface area contributed by atoms with Crippen molar-refractivity contribution in [3.05, 3.63) is 35.6 Å². The topological polar surface area (TPSA) is 61.4 Å². The fourth-order valence-corrected chi connectivity index (χ4v) is 3.22. The number of benzene rings is 1. The van der Waals surface area contributed by atoms with Crippen molar-refractivity contribution in [3.63, 3.8) is 0 Å². The lowest BCUT2D eigenvalue weighted by atomic mass is 10.0. The summed E-state index contributed by atoms with van der Waals surface area (Å²) in [5.74, 6) is 0.150. The number of halogens is 1. The van der Waals surface area contributed by atoms with Crippen LogP contribution in [0.5, 0.6) is 0 Å². The zero-order chi connectivity index (χ0) is 15.6. The lowest BCUT2D eigenvalue weighted by Gasteiger charge is -2.24. The van der Waals surface area contributed by atoms with E-state index >= 15 is 0 Å². The molecule has 1 aromatic rings. The maximum atomic E-state index is 13.0. The monoisotopic (exact) mass is 306 g/mol. The third-order valence-electron chi connectivity index (χ3n) is 4.72. The van der Waals surface area contributed by atoms with Gasteiger partial charge >= 0.3 is 6.03 Å². The second-order valence-corrected chi connectivity index (χ2v) is 6.63. The van der Waals surface area contributed by atoms with Gasteiger partial charge < -0.3 is 15.7 Å². The summed E-state index contributed by atoms with van der Waals surface area (Å²) in [6.07, 6.45) is 5.67. The third kappa shape index (κ3) is 3.77. The zero-order valence-electron chi connectivity index (χ0n) is 12.6. The van der Waals surface area contributed by atoms with E-state index in [1.165, 1.54) is 12.1 Å². The van der Waals surface area contributed by atoms with Crippen LogP contribution in [-0.2, 0) is 0 Å². The fraction of sp³-hybridized carbons (Fsp3) is 0.588. The number of aliphatic hydroxyl groups is 1. The number of nitrogens with one attached hydrogen (secondary N) is 2. The van der Waals surface area contributed by atoms with Gasteiger partial charge in [-0.2, -0.15) is 0 Å². The minimum atomic E-state index is -0.748. The molecule has 3 N–H and O–H groups in total. The van der Waals surface area contributed by atoms with Crippen LogP contribution in [0.2, 0.25) is 0 Å². The predicted molar refractivity (Wildman–Crippen MR) is 81.8 cm³/mol. The molecule has 4 nitrogen and oxygen atoms in total. The van der Waals surface area contributed by atoms with Gasteiger partial charge in [-0.1, -0.05) is 25.0 Å². The Kier molecular flexibility index (Phi) is 4.34. The first-order valence-electron chi connectivity index (χ1n) is 8.08. The zero-order valence-corrected chi connectivity index (χ0v) is 12.6. The Morgan fingerprint density at radius 1 is 1.27 bits per heavy atom. The molecule has 2 aliphatic carbocycles. The van der Waals surface area contributed by atoms with Gasteiger partial charge in [0.1, 0.15) is 5.82 Å². The highest BCUT2D eigenvalue weighted by atomic mass is 19.1. The van der Waals surface area contributed by atoms with E-state index in [1.54, 1.807) is 12.1 Å². The summed E-state index contributed by atoms with van der Waals surface area (Å²) in [4.78, 5) is 12.1. The molecule has 1 unspecified atom stereocenters. The molecule has 2 aliphatic rings. The molecule has 1 atom stereocenters. The molecule has 120 valence electrons. The number of hydrogen-bond acceptors (Lipinski definition) is 2. The van der Waals surface area contributed by atoms with Crippen LogP contribution in [-0.4, -0.2) is 23.3 Å². The Hall–Kier alpha value is -1.62. The van der Waals surface area contributed by atoms with Crippen molar-refractivity contribution >= 4 is 6.03 Å². The summed E-state index contributed by atoms with van der Waals surface area (Å²) in [7, 11) is 0. The Balaban J connectivity index is 1.56. The van der Waals surface area contributed by atoms with E-state index in [9.17, 15) is 14.3 Å². The Bertz CT molecular complexity index is 522. The third-order valence-corrected chi connectivity index (χ3v) is 4.72. The lowest BCUT2D eigenvalue weighted by Crippen LogP contribution is -2.46. The summed E-state index contributed by atoms with van der Waals surface area (Å²) < 4.78 is 13.0. The van der Waals surface area contributed by atoms with Crippen molar-refractivity contribution in [1.29, 1.82) is 0 Å². The molecule has 2 fully saturated rings. The van der Waals surface area contributed by atoms with Crippen LogP contribution >= 0.6 is 0 Å². The summed E-state index contributed by atoms with van der Waals surface area (Å²) >= 11 is 0. The molecule has 0 radical (unpaired) electrons. The number of rotatable bonds is 5. The highest BCUT2D eigenvalue weighted by Crippen LogP contribution is 2.41. The number of amides is 2. The summed E-state index contributed by atoms with van der Waals surface area (Å²) in [6.45, 7) is 0.291. The largest absolute Gasteiger partial charge is 0.388 e. The van der Waals surface area contributed by atoms with E-state index in [2.05, 4.69) is 10.6 Å². The van der Waals surface area contributed by atoms with E-state index in [0.29, 0.717) is 12.5 Å². The van der Waals surface area contributed by atoms with Crippen LogP contribution < -0.4 is 10.6 Å². The van der Waals surface area contributed by atoms with Crippen LogP contribution in [0.4, 0.5) is 9.18 Å². The number of urea groups is 1. The molecule has 2 saturated carbocycles. The molecule has 0 bridgehead atoms. The van der Waals surface area contributed by atoms with Gasteiger partial charge in [0.15, 0.2) is 0 Å². The van der Waals surface area contributed by atoms with E-state index in [0.717, 1.165) is 44.1 Å². The molecule has 0 heterocycles. The second kappa shape index (κ2) is 6.24. The van der Waals surface area contributed by atoms with Crippen molar-refractivity contribution in [2.24, 2.45) is 5.92 Å². The molecule has 22 heavy (non-hydrogen) atoms. The molecule has 0 spiro atoms. The van der Waals surface area contributed by atoms with E-state index < -0.39 is 5.60 Å². The highest BCUT2D eigenvalue weighted by molar-refractivity contribution is 5.74. The molecular weight excluding hydrogens is 283 g/mol. The Labute approximate surface area is 130 Å². The smallest absolute Gasteiger partial charge is 0.315 e. The van der Waals surface area contributed by atoms with Crippen molar-refractivity contribution < 1.29 is 14.3 Å². The van der Waals surface area contributed by atoms with Gasteiger partial charge in [-0.15, -0.1) is 0 Å². The Morgan fingerprint density at radius 2 is 1.91 bits per heavy atom. The summed E-state index contributed by atoms with van der Waals surface area (Å²) in [6, 6.07) is 5.95. The van der Waals surface area contributed by atoms with Crippen LogP contribution in [0.15, 0.2) is 24.3 Å². The highest BCUT2D eigenvalue weighted by Gasteiger charge is 2.35. The molecule has 2 amide bonds. The van der Waals surface area contributed by atoms with Gasteiger partial charge in [-0.3, -0.25) is 0 Å². The van der Waals surface area contributed by atoms with Gasteiger partial charge in [0.2, 0.25) is 0 Å².